The van der Waals surface area contributed by atoms with Gasteiger partial charge in [0.15, 0.2) is 0 Å². The molecule has 0 spiro atoms. The van der Waals surface area contributed by atoms with E-state index < -0.39 is 19.9 Å². The summed E-state index contributed by atoms with van der Waals surface area (Å²) in [4.78, 5) is 8.16. The van der Waals surface area contributed by atoms with Crippen molar-refractivity contribution in [2.24, 2.45) is 4.99 Å². The molecule has 196 valence electrons. The van der Waals surface area contributed by atoms with Gasteiger partial charge in [-0.15, -0.1) is 23.7 Å². The zero-order valence-corrected chi connectivity index (χ0v) is 23.8. The van der Waals surface area contributed by atoms with E-state index in [4.69, 9.17) is 4.99 Å². The van der Waals surface area contributed by atoms with Gasteiger partial charge in [-0.25, -0.2) is 16.8 Å². The van der Waals surface area contributed by atoms with Gasteiger partial charge in [0.2, 0.25) is 0 Å². The van der Waals surface area contributed by atoms with Gasteiger partial charge in [-0.1, -0.05) is 30.0 Å². The van der Waals surface area contributed by atoms with Crippen molar-refractivity contribution in [1.82, 2.24) is 10.3 Å². The van der Waals surface area contributed by atoms with Crippen LogP contribution in [0.25, 0.3) is 10.9 Å². The third-order valence-electron chi connectivity index (χ3n) is 6.48. The zero-order valence-electron chi connectivity index (χ0n) is 19.7. The maximum absolute atomic E-state index is 13.0. The fraction of sp³-hybridized carbons (Fsp3) is 0.435. The number of aromatic nitrogens is 1. The van der Waals surface area contributed by atoms with Crippen molar-refractivity contribution in [2.75, 3.05) is 35.9 Å². The number of anilines is 1. The highest BCUT2D eigenvalue weighted by atomic mass is 35.5. The van der Waals surface area contributed by atoms with E-state index in [0.717, 1.165) is 41.2 Å². The number of rotatable bonds is 8. The summed E-state index contributed by atoms with van der Waals surface area (Å²) in [6.07, 6.45) is 2.33. The molecule has 1 aromatic carbocycles. The number of fused-ring (bicyclic) bond motifs is 1. The molecule has 3 aromatic rings. The molecule has 4 heterocycles. The van der Waals surface area contributed by atoms with Crippen molar-refractivity contribution in [1.29, 1.82) is 0 Å². The molecule has 5 rings (SSSR count). The average Bonchev–Trinajstić information content (AvgIpc) is 3.59. The SMILES string of the molecule is CN(c1cccc2cc(C3=NCC(CCNC4CCS(=O)(=O)CC4)S3)[nH]c12)S(=O)(=O)c1cccs1.Cl. The minimum Gasteiger partial charge on any atom is -0.351 e. The van der Waals surface area contributed by atoms with Crippen LogP contribution < -0.4 is 9.62 Å². The van der Waals surface area contributed by atoms with E-state index in [1.54, 1.807) is 36.3 Å². The summed E-state index contributed by atoms with van der Waals surface area (Å²) >= 11 is 2.94. The van der Waals surface area contributed by atoms with Gasteiger partial charge in [0.25, 0.3) is 10.0 Å². The van der Waals surface area contributed by atoms with Crippen molar-refractivity contribution < 1.29 is 16.8 Å². The minimum atomic E-state index is -3.63. The Bertz CT molecular complexity index is 1440. The van der Waals surface area contributed by atoms with E-state index in [-0.39, 0.29) is 30.0 Å². The number of sulfonamides is 1. The van der Waals surface area contributed by atoms with Crippen LogP contribution in [0.1, 0.15) is 25.0 Å². The Morgan fingerprint density at radius 2 is 1.97 bits per heavy atom. The lowest BCUT2D eigenvalue weighted by molar-refractivity contribution is 0.459. The van der Waals surface area contributed by atoms with Gasteiger partial charge in [-0.3, -0.25) is 9.30 Å². The van der Waals surface area contributed by atoms with Gasteiger partial charge in [0.05, 0.1) is 34.9 Å². The smallest absolute Gasteiger partial charge is 0.273 e. The first-order valence-corrected chi connectivity index (χ1v) is 16.5. The molecule has 1 unspecified atom stereocenters. The second-order valence-corrected chi connectivity index (χ2v) is 15.6. The van der Waals surface area contributed by atoms with Crippen LogP contribution in [0.4, 0.5) is 5.69 Å². The number of thiophene rings is 1. The molecule has 2 aromatic heterocycles. The third-order valence-corrected chi connectivity index (χ3v) is 12.6. The predicted molar refractivity (Wildman–Crippen MR) is 153 cm³/mol. The Kier molecular flexibility index (Phi) is 8.42. The van der Waals surface area contributed by atoms with Crippen molar-refractivity contribution >= 4 is 77.0 Å². The van der Waals surface area contributed by atoms with Crippen molar-refractivity contribution in [3.05, 3.63) is 47.5 Å². The van der Waals surface area contributed by atoms with Gasteiger partial charge in [0.1, 0.15) is 19.1 Å². The first kappa shape index (κ1) is 27.5. The Hall–Kier alpha value is -1.57. The molecule has 0 aliphatic carbocycles. The first-order valence-electron chi connectivity index (χ1n) is 11.5. The van der Waals surface area contributed by atoms with Gasteiger partial charge >= 0.3 is 0 Å². The molecule has 0 amide bonds. The molecule has 1 fully saturated rings. The van der Waals surface area contributed by atoms with E-state index in [2.05, 4.69) is 10.3 Å². The number of aromatic amines is 1. The first-order chi connectivity index (χ1) is 16.7. The molecule has 1 saturated heterocycles. The molecule has 2 aliphatic rings. The van der Waals surface area contributed by atoms with Crippen LogP contribution in [0.2, 0.25) is 0 Å². The van der Waals surface area contributed by atoms with Crippen LogP contribution in [0.15, 0.2) is 51.0 Å². The molecular formula is C23H29ClN4O4S4. The van der Waals surface area contributed by atoms with E-state index in [1.165, 1.54) is 15.6 Å². The molecule has 13 heteroatoms. The Morgan fingerprint density at radius 1 is 1.19 bits per heavy atom. The van der Waals surface area contributed by atoms with Gasteiger partial charge < -0.3 is 10.3 Å². The topological polar surface area (TPSA) is 112 Å². The average molecular weight is 589 g/mol. The van der Waals surface area contributed by atoms with E-state index in [9.17, 15) is 16.8 Å². The lowest BCUT2D eigenvalue weighted by Gasteiger charge is -2.23. The largest absolute Gasteiger partial charge is 0.351 e. The van der Waals surface area contributed by atoms with Crippen LogP contribution in [-0.2, 0) is 19.9 Å². The number of hydrogen-bond acceptors (Lipinski definition) is 8. The summed E-state index contributed by atoms with van der Waals surface area (Å²) in [5.74, 6) is 0.560. The van der Waals surface area contributed by atoms with E-state index >= 15 is 0 Å². The number of hydrogen-bond donors (Lipinski definition) is 2. The number of thioether (sulfide) groups is 1. The Labute approximate surface area is 226 Å². The van der Waals surface area contributed by atoms with Crippen LogP contribution in [-0.4, -0.2) is 69.8 Å². The summed E-state index contributed by atoms with van der Waals surface area (Å²) in [6.45, 7) is 1.57. The number of nitrogens with zero attached hydrogens (tertiary/aromatic N) is 2. The molecule has 2 aliphatic heterocycles. The monoisotopic (exact) mass is 588 g/mol. The normalized spacial score (nSPS) is 20.2. The molecule has 1 atom stereocenters. The number of aliphatic imine (C=N–C) groups is 1. The summed E-state index contributed by atoms with van der Waals surface area (Å²) in [6, 6.07) is 11.3. The Balaban J connectivity index is 0.00000304. The fourth-order valence-corrected chi connectivity index (χ4v) is 9.40. The summed E-state index contributed by atoms with van der Waals surface area (Å²) in [5.41, 5.74) is 2.26. The number of halogens is 1. The van der Waals surface area contributed by atoms with Crippen molar-refractivity contribution in [3.8, 4) is 0 Å². The van der Waals surface area contributed by atoms with Gasteiger partial charge in [0, 0.05) is 23.7 Å². The van der Waals surface area contributed by atoms with Crippen molar-refractivity contribution in [3.63, 3.8) is 0 Å². The van der Waals surface area contributed by atoms with Crippen LogP contribution in [0, 0.1) is 0 Å². The highest BCUT2D eigenvalue weighted by molar-refractivity contribution is 8.15. The number of para-hydroxylation sites is 1. The summed E-state index contributed by atoms with van der Waals surface area (Å²) in [7, 11) is -4.88. The minimum absolute atomic E-state index is 0. The van der Waals surface area contributed by atoms with E-state index in [0.29, 0.717) is 28.0 Å². The Morgan fingerprint density at radius 3 is 2.69 bits per heavy atom. The highest BCUT2D eigenvalue weighted by Gasteiger charge is 2.27. The van der Waals surface area contributed by atoms with Crippen LogP contribution in [0.3, 0.4) is 0 Å². The van der Waals surface area contributed by atoms with Crippen LogP contribution in [0.5, 0.6) is 0 Å². The molecule has 8 nitrogen and oxygen atoms in total. The second kappa shape index (κ2) is 11.0. The molecule has 0 bridgehead atoms. The molecule has 36 heavy (non-hydrogen) atoms. The van der Waals surface area contributed by atoms with Crippen LogP contribution >= 0.6 is 35.5 Å². The number of benzene rings is 1. The summed E-state index contributed by atoms with van der Waals surface area (Å²) < 4.78 is 50.9. The standard InChI is InChI=1S/C23H28N4O4S4.ClH/c1-27(35(30,31)21-6-3-11-32-21)20-5-2-4-16-14-19(26-22(16)20)23-25-15-18(33-23)7-10-24-17-8-12-34(28,29)13-9-17;/h2-6,11,14,17-18,24,26H,7-10,12-13,15H2,1H3;1H. The highest BCUT2D eigenvalue weighted by Crippen LogP contribution is 2.34. The van der Waals surface area contributed by atoms with Gasteiger partial charge in [-0.2, -0.15) is 0 Å². The summed E-state index contributed by atoms with van der Waals surface area (Å²) in [5, 5.41) is 7.50. The quantitative estimate of drug-likeness (QED) is 0.413. The van der Waals surface area contributed by atoms with Crippen molar-refractivity contribution in [2.45, 2.75) is 34.8 Å². The molecule has 0 saturated carbocycles. The second-order valence-electron chi connectivity index (χ2n) is 8.88. The maximum Gasteiger partial charge on any atom is 0.273 e. The lowest BCUT2D eigenvalue weighted by atomic mass is 10.1. The maximum atomic E-state index is 13.0. The van der Waals surface area contributed by atoms with Gasteiger partial charge in [-0.05, 0) is 49.4 Å². The molecular weight excluding hydrogens is 560 g/mol. The third kappa shape index (κ3) is 5.78. The van der Waals surface area contributed by atoms with E-state index in [1.807, 2.05) is 24.3 Å². The number of sulfone groups is 1. The molecule has 2 N–H and O–H groups in total. The lowest BCUT2D eigenvalue weighted by Crippen LogP contribution is -2.38. The molecule has 0 radical (unpaired) electrons. The predicted octanol–water partition coefficient (Wildman–Crippen LogP) is 3.90. The number of H-pyrrole nitrogens is 1. The fourth-order valence-electron chi connectivity index (χ4n) is 4.45. The zero-order chi connectivity index (χ0) is 24.6. The number of nitrogens with one attached hydrogen (secondary N) is 2.